The van der Waals surface area contributed by atoms with Crippen LogP contribution in [0.2, 0.25) is 0 Å². The van der Waals surface area contributed by atoms with E-state index in [1.165, 1.54) is 21.0 Å². The van der Waals surface area contributed by atoms with Crippen molar-refractivity contribution in [3.63, 3.8) is 0 Å². The van der Waals surface area contributed by atoms with E-state index in [4.69, 9.17) is 5.26 Å². The van der Waals surface area contributed by atoms with Crippen LogP contribution in [0.1, 0.15) is 27.7 Å². The van der Waals surface area contributed by atoms with Gasteiger partial charge in [0.15, 0.2) is 0 Å². The number of ether oxygens (including phenoxy) is 1. The summed E-state index contributed by atoms with van der Waals surface area (Å²) in [6, 6.07) is 1.06. The Balaban J connectivity index is 4.47. The number of amides is 2. The van der Waals surface area contributed by atoms with Gasteiger partial charge in [-0.25, -0.2) is 4.79 Å². The number of esters is 1. The summed E-state index contributed by atoms with van der Waals surface area (Å²) in [4.78, 5) is 34.8. The Hall–Kier alpha value is -2.10. The molecule has 0 aromatic heterocycles. The van der Waals surface area contributed by atoms with Gasteiger partial charge in [0.25, 0.3) is 0 Å². The first kappa shape index (κ1) is 17.9. The number of rotatable bonds is 6. The average Bonchev–Trinajstić information content (AvgIpc) is 2.40. The van der Waals surface area contributed by atoms with E-state index in [1.54, 1.807) is 13.8 Å². The largest absolute Gasteiger partial charge is 0.467 e. The third-order valence-corrected chi connectivity index (χ3v) is 2.69. The van der Waals surface area contributed by atoms with Crippen LogP contribution in [-0.4, -0.2) is 37.5 Å². The summed E-state index contributed by atoms with van der Waals surface area (Å²) < 4.78 is 4.59. The molecule has 0 aliphatic heterocycles. The molecular weight excluding hydrogens is 262 g/mol. The topological polar surface area (TPSA) is 108 Å². The number of nitrogens with zero attached hydrogens (tertiary/aromatic N) is 1. The normalized spacial score (nSPS) is 12.2. The van der Waals surface area contributed by atoms with Crippen molar-refractivity contribution in [3.05, 3.63) is 0 Å². The van der Waals surface area contributed by atoms with Gasteiger partial charge in [-0.15, -0.1) is 0 Å². The van der Waals surface area contributed by atoms with E-state index in [0.717, 1.165) is 0 Å². The van der Waals surface area contributed by atoms with Crippen LogP contribution in [0.5, 0.6) is 0 Å². The molecule has 7 nitrogen and oxygen atoms in total. The van der Waals surface area contributed by atoms with E-state index in [9.17, 15) is 14.4 Å². The predicted molar refractivity (Wildman–Crippen MR) is 71.2 cm³/mol. The fourth-order valence-electron chi connectivity index (χ4n) is 1.28. The number of carbonyl (C=O) groups excluding carboxylic acids is 3. The van der Waals surface area contributed by atoms with Crippen molar-refractivity contribution >= 4 is 17.8 Å². The standard InChI is InChI=1S/C13H21N3O4/c1-8(2)10(11(18)20-5)16-9(17)6-15-12(19)13(3,4)7-14/h8,10H,6H2,1-5H3,(H,15,19)(H,16,17)/t10-/m0/s1. The lowest BCUT2D eigenvalue weighted by Crippen LogP contribution is -2.49. The predicted octanol–water partition coefficient (Wildman–Crippen LogP) is -0.0338. The van der Waals surface area contributed by atoms with Crippen LogP contribution in [0, 0.1) is 22.7 Å². The van der Waals surface area contributed by atoms with Gasteiger partial charge in [0, 0.05) is 0 Å². The van der Waals surface area contributed by atoms with Crippen molar-refractivity contribution in [3.8, 4) is 6.07 Å². The Morgan fingerprint density at radius 2 is 1.85 bits per heavy atom. The first-order chi connectivity index (χ1) is 9.15. The highest BCUT2D eigenvalue weighted by atomic mass is 16.5. The molecule has 0 radical (unpaired) electrons. The molecule has 2 N–H and O–H groups in total. The van der Waals surface area contributed by atoms with Crippen LogP contribution in [0.15, 0.2) is 0 Å². The molecule has 7 heteroatoms. The number of carbonyl (C=O) groups is 3. The second-order valence-corrected chi connectivity index (χ2v) is 5.23. The highest BCUT2D eigenvalue weighted by Crippen LogP contribution is 2.12. The van der Waals surface area contributed by atoms with Gasteiger partial charge in [-0.2, -0.15) is 5.26 Å². The average molecular weight is 283 g/mol. The SMILES string of the molecule is COC(=O)[C@@H](NC(=O)CNC(=O)C(C)(C)C#N)C(C)C. The Bertz CT molecular complexity index is 424. The lowest BCUT2D eigenvalue weighted by Gasteiger charge is -2.20. The summed E-state index contributed by atoms with van der Waals surface area (Å²) >= 11 is 0. The molecule has 112 valence electrons. The monoisotopic (exact) mass is 283 g/mol. The Morgan fingerprint density at radius 1 is 1.30 bits per heavy atom. The minimum Gasteiger partial charge on any atom is -0.467 e. The van der Waals surface area contributed by atoms with Crippen molar-refractivity contribution in [2.75, 3.05) is 13.7 Å². The Labute approximate surface area is 118 Å². The van der Waals surface area contributed by atoms with Crippen molar-refractivity contribution in [1.29, 1.82) is 5.26 Å². The summed E-state index contributed by atoms with van der Waals surface area (Å²) in [7, 11) is 1.24. The van der Waals surface area contributed by atoms with Gasteiger partial charge in [0.1, 0.15) is 11.5 Å². The van der Waals surface area contributed by atoms with Gasteiger partial charge in [-0.05, 0) is 19.8 Å². The Kier molecular flexibility index (Phi) is 6.69. The van der Waals surface area contributed by atoms with Crippen LogP contribution >= 0.6 is 0 Å². The zero-order valence-corrected chi connectivity index (χ0v) is 12.4. The second-order valence-electron chi connectivity index (χ2n) is 5.23. The fourth-order valence-corrected chi connectivity index (χ4v) is 1.28. The molecule has 0 aliphatic rings. The molecule has 0 fully saturated rings. The molecule has 0 aromatic carbocycles. The first-order valence-electron chi connectivity index (χ1n) is 6.22. The molecule has 1 atom stereocenters. The minimum atomic E-state index is -1.21. The van der Waals surface area contributed by atoms with E-state index in [-0.39, 0.29) is 12.5 Å². The molecule has 2 amide bonds. The van der Waals surface area contributed by atoms with E-state index in [2.05, 4.69) is 15.4 Å². The van der Waals surface area contributed by atoms with Gasteiger partial charge < -0.3 is 15.4 Å². The molecule has 0 rings (SSSR count). The molecule has 0 aliphatic carbocycles. The highest BCUT2D eigenvalue weighted by Gasteiger charge is 2.28. The van der Waals surface area contributed by atoms with E-state index in [1.807, 2.05) is 6.07 Å². The molecule has 0 saturated carbocycles. The summed E-state index contributed by atoms with van der Waals surface area (Å²) in [5.74, 6) is -1.75. The minimum absolute atomic E-state index is 0.141. The number of methoxy groups -OCH3 is 1. The van der Waals surface area contributed by atoms with Crippen LogP contribution in [0.4, 0.5) is 0 Å². The molecule has 20 heavy (non-hydrogen) atoms. The van der Waals surface area contributed by atoms with Crippen molar-refractivity contribution in [2.45, 2.75) is 33.7 Å². The number of hydrogen-bond acceptors (Lipinski definition) is 5. The van der Waals surface area contributed by atoms with Gasteiger partial charge in [-0.1, -0.05) is 13.8 Å². The van der Waals surface area contributed by atoms with Gasteiger partial charge in [0.2, 0.25) is 11.8 Å². The molecule has 0 unspecified atom stereocenters. The third-order valence-electron chi connectivity index (χ3n) is 2.69. The maximum Gasteiger partial charge on any atom is 0.328 e. The molecule has 0 heterocycles. The highest BCUT2D eigenvalue weighted by molar-refractivity contribution is 5.90. The molecule has 0 aromatic rings. The van der Waals surface area contributed by atoms with Gasteiger partial charge in [-0.3, -0.25) is 9.59 Å². The number of nitrogens with one attached hydrogen (secondary N) is 2. The third kappa shape index (κ3) is 5.26. The summed E-state index contributed by atoms with van der Waals surface area (Å²) in [5.41, 5.74) is -1.21. The zero-order chi connectivity index (χ0) is 15.9. The lowest BCUT2D eigenvalue weighted by atomic mass is 9.95. The smallest absolute Gasteiger partial charge is 0.328 e. The maximum absolute atomic E-state index is 11.7. The quantitative estimate of drug-likeness (QED) is 0.665. The van der Waals surface area contributed by atoms with Crippen LogP contribution in [0.3, 0.4) is 0 Å². The van der Waals surface area contributed by atoms with Gasteiger partial charge in [0.05, 0.1) is 19.7 Å². The molecular formula is C13H21N3O4. The second kappa shape index (κ2) is 7.48. The maximum atomic E-state index is 11.7. The number of nitriles is 1. The van der Waals surface area contributed by atoms with Crippen molar-refractivity contribution in [2.24, 2.45) is 11.3 Å². The van der Waals surface area contributed by atoms with Crippen LogP contribution in [0.25, 0.3) is 0 Å². The van der Waals surface area contributed by atoms with Crippen LogP contribution < -0.4 is 10.6 Å². The molecule has 0 spiro atoms. The van der Waals surface area contributed by atoms with E-state index >= 15 is 0 Å². The lowest BCUT2D eigenvalue weighted by molar-refractivity contribution is -0.146. The molecule has 0 bridgehead atoms. The summed E-state index contributed by atoms with van der Waals surface area (Å²) in [6.07, 6.45) is 0. The Morgan fingerprint density at radius 3 is 2.25 bits per heavy atom. The zero-order valence-electron chi connectivity index (χ0n) is 12.4. The van der Waals surface area contributed by atoms with Crippen molar-refractivity contribution in [1.82, 2.24) is 10.6 Å². The van der Waals surface area contributed by atoms with Gasteiger partial charge >= 0.3 is 5.97 Å². The van der Waals surface area contributed by atoms with Crippen LogP contribution in [-0.2, 0) is 19.1 Å². The number of hydrogen-bond donors (Lipinski definition) is 2. The van der Waals surface area contributed by atoms with Crippen molar-refractivity contribution < 1.29 is 19.1 Å². The molecule has 0 saturated heterocycles. The summed E-state index contributed by atoms with van der Waals surface area (Å²) in [5, 5.41) is 13.6. The first-order valence-corrected chi connectivity index (χ1v) is 6.22. The fraction of sp³-hybridized carbons (Fsp3) is 0.692. The van der Waals surface area contributed by atoms with E-state index < -0.39 is 29.2 Å². The van der Waals surface area contributed by atoms with E-state index in [0.29, 0.717) is 0 Å². The summed E-state index contributed by atoms with van der Waals surface area (Å²) in [6.45, 7) is 6.12.